The number of para-hydroxylation sites is 1. The van der Waals surface area contributed by atoms with E-state index in [1.807, 2.05) is 0 Å². The largest absolute Gasteiger partial charge is 0.516 e. The maximum atomic E-state index is 12.6. The van der Waals surface area contributed by atoms with Crippen molar-refractivity contribution in [3.63, 3.8) is 0 Å². The van der Waals surface area contributed by atoms with Crippen LogP contribution in [0.15, 0.2) is 48.5 Å². The Hall–Kier alpha value is -2.26. The average Bonchev–Trinajstić information content (AvgIpc) is 2.55. The third-order valence-electron chi connectivity index (χ3n) is 3.41. The maximum Gasteiger partial charge on any atom is 0.516 e. The Bertz CT molecular complexity index is 900. The van der Waals surface area contributed by atoms with Gasteiger partial charge in [-0.05, 0) is 35.9 Å². The molecule has 2 aromatic rings. The standard InChI is InChI=1S/C16H14ClF3N2O3S/c1-22(15(23)11-6-8-13(17)9-7-11)10-12-4-2-3-5-14(12)21-26(24,25)16(18,19)20/h2-9,21H,10H2,1H3. The highest BCUT2D eigenvalue weighted by Crippen LogP contribution is 2.27. The first-order valence-corrected chi connectivity index (χ1v) is 9.05. The van der Waals surface area contributed by atoms with Crippen molar-refractivity contribution in [1.29, 1.82) is 0 Å². The van der Waals surface area contributed by atoms with Gasteiger partial charge < -0.3 is 4.90 Å². The summed E-state index contributed by atoms with van der Waals surface area (Å²) in [6.07, 6.45) is 0. The van der Waals surface area contributed by atoms with Crippen LogP contribution in [0.25, 0.3) is 0 Å². The van der Waals surface area contributed by atoms with Gasteiger partial charge in [0.05, 0.1) is 5.69 Å². The molecule has 26 heavy (non-hydrogen) atoms. The second-order valence-corrected chi connectivity index (χ2v) is 7.49. The summed E-state index contributed by atoms with van der Waals surface area (Å²) in [6.45, 7) is -0.0992. The van der Waals surface area contributed by atoms with E-state index in [1.54, 1.807) is 0 Å². The molecule has 2 aromatic carbocycles. The number of rotatable bonds is 5. The molecule has 0 bridgehead atoms. The van der Waals surface area contributed by atoms with Crippen molar-refractivity contribution in [3.05, 3.63) is 64.7 Å². The van der Waals surface area contributed by atoms with E-state index < -0.39 is 21.4 Å². The van der Waals surface area contributed by atoms with E-state index in [0.717, 1.165) is 0 Å². The molecule has 140 valence electrons. The van der Waals surface area contributed by atoms with E-state index in [1.165, 1.54) is 65.2 Å². The lowest BCUT2D eigenvalue weighted by molar-refractivity contribution is -0.0429. The number of hydrogen-bond donors (Lipinski definition) is 1. The van der Waals surface area contributed by atoms with Gasteiger partial charge in [0.15, 0.2) is 0 Å². The van der Waals surface area contributed by atoms with Crippen LogP contribution >= 0.6 is 11.6 Å². The highest BCUT2D eigenvalue weighted by atomic mass is 35.5. The molecule has 0 spiro atoms. The van der Waals surface area contributed by atoms with E-state index in [-0.39, 0.29) is 17.8 Å². The highest BCUT2D eigenvalue weighted by Gasteiger charge is 2.46. The fourth-order valence-corrected chi connectivity index (χ4v) is 2.83. The molecule has 0 aliphatic rings. The van der Waals surface area contributed by atoms with Gasteiger partial charge in [0.1, 0.15) is 0 Å². The Morgan fingerprint density at radius 2 is 1.69 bits per heavy atom. The van der Waals surface area contributed by atoms with E-state index in [9.17, 15) is 26.4 Å². The molecular formula is C16H14ClF3N2O3S. The molecule has 0 radical (unpaired) electrons. The van der Waals surface area contributed by atoms with Crippen LogP contribution < -0.4 is 4.72 Å². The molecule has 10 heteroatoms. The lowest BCUT2D eigenvalue weighted by Crippen LogP contribution is -2.31. The summed E-state index contributed by atoms with van der Waals surface area (Å²) in [6, 6.07) is 11.6. The molecular weight excluding hydrogens is 393 g/mol. The van der Waals surface area contributed by atoms with Crippen LogP contribution in [0.5, 0.6) is 0 Å². The molecule has 0 aliphatic carbocycles. The van der Waals surface area contributed by atoms with Gasteiger partial charge in [-0.1, -0.05) is 29.8 Å². The van der Waals surface area contributed by atoms with Crippen molar-refractivity contribution >= 4 is 33.2 Å². The number of benzene rings is 2. The van der Waals surface area contributed by atoms with Crippen molar-refractivity contribution in [2.75, 3.05) is 11.8 Å². The van der Waals surface area contributed by atoms with E-state index >= 15 is 0 Å². The predicted molar refractivity (Wildman–Crippen MR) is 92.3 cm³/mol. The Morgan fingerprint density at radius 3 is 2.27 bits per heavy atom. The summed E-state index contributed by atoms with van der Waals surface area (Å²) in [7, 11) is -4.10. The summed E-state index contributed by atoms with van der Waals surface area (Å²) >= 11 is 5.76. The highest BCUT2D eigenvalue weighted by molar-refractivity contribution is 7.93. The minimum Gasteiger partial charge on any atom is -0.337 e. The number of carbonyl (C=O) groups excluding carboxylic acids is 1. The molecule has 2 rings (SSSR count). The van der Waals surface area contributed by atoms with Crippen molar-refractivity contribution in [1.82, 2.24) is 4.90 Å². The van der Waals surface area contributed by atoms with Gasteiger partial charge in [-0.25, -0.2) is 0 Å². The Kier molecular flexibility index (Phi) is 5.82. The number of nitrogens with zero attached hydrogens (tertiary/aromatic N) is 1. The van der Waals surface area contributed by atoms with Crippen LogP contribution in [0.3, 0.4) is 0 Å². The van der Waals surface area contributed by atoms with Crippen LogP contribution in [-0.4, -0.2) is 31.8 Å². The number of halogens is 4. The first-order valence-electron chi connectivity index (χ1n) is 7.19. The smallest absolute Gasteiger partial charge is 0.337 e. The SMILES string of the molecule is CN(Cc1ccccc1NS(=O)(=O)C(F)(F)F)C(=O)c1ccc(Cl)cc1. The fraction of sp³-hybridized carbons (Fsp3) is 0.188. The zero-order valence-electron chi connectivity index (χ0n) is 13.4. The summed E-state index contributed by atoms with van der Waals surface area (Å²) in [4.78, 5) is 13.6. The van der Waals surface area contributed by atoms with Crippen molar-refractivity contribution in [3.8, 4) is 0 Å². The summed E-state index contributed by atoms with van der Waals surface area (Å²) in [5, 5.41) is 0.455. The zero-order valence-corrected chi connectivity index (χ0v) is 15.0. The first kappa shape index (κ1) is 20.1. The van der Waals surface area contributed by atoms with Crippen LogP contribution in [0.4, 0.5) is 18.9 Å². The Morgan fingerprint density at radius 1 is 1.12 bits per heavy atom. The van der Waals surface area contributed by atoms with Gasteiger partial charge in [0, 0.05) is 24.2 Å². The number of alkyl halides is 3. The first-order chi connectivity index (χ1) is 12.0. The number of anilines is 1. The predicted octanol–water partition coefficient (Wildman–Crippen LogP) is 3.87. The molecule has 0 atom stereocenters. The van der Waals surface area contributed by atoms with Gasteiger partial charge in [0.2, 0.25) is 0 Å². The van der Waals surface area contributed by atoms with E-state index in [4.69, 9.17) is 11.6 Å². The molecule has 0 heterocycles. The number of hydrogen-bond acceptors (Lipinski definition) is 3. The van der Waals surface area contributed by atoms with Gasteiger partial charge in [-0.2, -0.15) is 21.6 Å². The summed E-state index contributed by atoms with van der Waals surface area (Å²) in [5.41, 5.74) is -5.14. The number of sulfonamides is 1. The molecule has 0 aromatic heterocycles. The molecule has 1 N–H and O–H groups in total. The van der Waals surface area contributed by atoms with Crippen molar-refractivity contribution in [2.45, 2.75) is 12.1 Å². The van der Waals surface area contributed by atoms with Gasteiger partial charge >= 0.3 is 15.5 Å². The molecule has 0 saturated carbocycles. The van der Waals surface area contributed by atoms with Crippen LogP contribution in [0.1, 0.15) is 15.9 Å². The molecule has 0 aliphatic heterocycles. The summed E-state index contributed by atoms with van der Waals surface area (Å²) < 4.78 is 61.9. The lowest BCUT2D eigenvalue weighted by Gasteiger charge is -2.20. The fourth-order valence-electron chi connectivity index (χ4n) is 2.10. The normalized spacial score (nSPS) is 11.9. The quantitative estimate of drug-likeness (QED) is 0.819. The number of carbonyl (C=O) groups is 1. The van der Waals surface area contributed by atoms with E-state index in [0.29, 0.717) is 10.6 Å². The second kappa shape index (κ2) is 7.55. The number of amides is 1. The Balaban J connectivity index is 2.22. The molecule has 0 saturated heterocycles. The maximum absolute atomic E-state index is 12.6. The third kappa shape index (κ3) is 4.67. The Labute approximate surface area is 153 Å². The number of nitrogens with one attached hydrogen (secondary N) is 1. The molecule has 0 unspecified atom stereocenters. The van der Waals surface area contributed by atoms with Gasteiger partial charge in [0.25, 0.3) is 5.91 Å². The van der Waals surface area contributed by atoms with Gasteiger partial charge in [-0.3, -0.25) is 9.52 Å². The molecule has 1 amide bonds. The third-order valence-corrected chi connectivity index (χ3v) is 4.76. The lowest BCUT2D eigenvalue weighted by atomic mass is 10.1. The van der Waals surface area contributed by atoms with Crippen molar-refractivity contribution in [2.24, 2.45) is 0 Å². The minimum absolute atomic E-state index is 0.0992. The van der Waals surface area contributed by atoms with Crippen LogP contribution in [0, 0.1) is 0 Å². The average molecular weight is 407 g/mol. The minimum atomic E-state index is -5.55. The van der Waals surface area contributed by atoms with Gasteiger partial charge in [-0.15, -0.1) is 0 Å². The van der Waals surface area contributed by atoms with Crippen LogP contribution in [0.2, 0.25) is 5.02 Å². The second-order valence-electron chi connectivity index (χ2n) is 5.38. The monoisotopic (exact) mass is 406 g/mol. The van der Waals surface area contributed by atoms with Crippen LogP contribution in [-0.2, 0) is 16.6 Å². The topological polar surface area (TPSA) is 66.5 Å². The summed E-state index contributed by atoms with van der Waals surface area (Å²) in [5.74, 6) is -0.393. The molecule has 5 nitrogen and oxygen atoms in total. The van der Waals surface area contributed by atoms with E-state index in [2.05, 4.69) is 0 Å². The zero-order chi connectivity index (χ0) is 19.5. The van der Waals surface area contributed by atoms with Crippen molar-refractivity contribution < 1.29 is 26.4 Å². The molecule has 0 fully saturated rings.